The Labute approximate surface area is 235 Å². The molecule has 0 radical (unpaired) electrons. The van der Waals surface area contributed by atoms with Crippen molar-refractivity contribution in [2.75, 3.05) is 0 Å². The maximum Gasteiger partial charge on any atom is 0.317 e. The van der Waals surface area contributed by atoms with Gasteiger partial charge in [-0.3, -0.25) is 9.59 Å². The summed E-state index contributed by atoms with van der Waals surface area (Å²) in [5, 5.41) is 33.4. The van der Waals surface area contributed by atoms with E-state index in [1.165, 1.54) is 62.5 Å². The average Bonchev–Trinajstić information content (AvgIpc) is 3.39. The van der Waals surface area contributed by atoms with Crippen molar-refractivity contribution in [1.82, 2.24) is 0 Å². The number of carbonyl (C=O) groups is 2. The lowest BCUT2D eigenvalue weighted by Gasteiger charge is -2.23. The molecule has 0 amide bonds. The van der Waals surface area contributed by atoms with Crippen LogP contribution < -0.4 is 0 Å². The van der Waals surface area contributed by atoms with Crippen LogP contribution in [0.2, 0.25) is 0 Å². The highest BCUT2D eigenvalue weighted by Crippen LogP contribution is 2.41. The number of hydrogen-bond acceptors (Lipinski definition) is 7. The summed E-state index contributed by atoms with van der Waals surface area (Å²) in [4.78, 5) is 21.9. The molecule has 210 valence electrons. The van der Waals surface area contributed by atoms with Gasteiger partial charge in [0.2, 0.25) is 4.99 Å². The van der Waals surface area contributed by atoms with Crippen molar-refractivity contribution in [3.05, 3.63) is 71.3 Å². The first kappa shape index (κ1) is 30.5. The molecule has 1 atom stereocenters. The second kappa shape index (κ2) is 16.8. The molecule has 0 fully saturated rings. The Bertz CT molecular complexity index is 1080. The van der Waals surface area contributed by atoms with Crippen LogP contribution >= 0.6 is 11.8 Å². The first-order valence-electron chi connectivity index (χ1n) is 14.0. The number of aryl methyl sites for hydroxylation is 2. The van der Waals surface area contributed by atoms with E-state index in [4.69, 9.17) is 5.11 Å². The molecule has 1 aliphatic heterocycles. The minimum atomic E-state index is -1.17. The third-order valence-corrected chi connectivity index (χ3v) is 8.37. The SMILES string of the molecule is O=C(O)CCCC1(SC(Cc2ccccc2CCCCCCCCCCc2ccccc2)C(=O)O)N=NN=N1. The summed E-state index contributed by atoms with van der Waals surface area (Å²) < 4.78 is 0. The van der Waals surface area contributed by atoms with Crippen molar-refractivity contribution in [1.29, 1.82) is 0 Å². The van der Waals surface area contributed by atoms with E-state index in [0.717, 1.165) is 30.2 Å². The summed E-state index contributed by atoms with van der Waals surface area (Å²) in [6.07, 6.45) is 12.8. The van der Waals surface area contributed by atoms with E-state index >= 15 is 0 Å². The van der Waals surface area contributed by atoms with E-state index in [0.29, 0.717) is 12.8 Å². The minimum Gasteiger partial charge on any atom is -0.481 e. The van der Waals surface area contributed by atoms with Crippen molar-refractivity contribution < 1.29 is 19.8 Å². The molecule has 9 heteroatoms. The molecule has 1 unspecified atom stereocenters. The molecule has 0 aromatic heterocycles. The zero-order valence-electron chi connectivity index (χ0n) is 22.6. The van der Waals surface area contributed by atoms with Crippen molar-refractivity contribution >= 4 is 23.7 Å². The van der Waals surface area contributed by atoms with Crippen molar-refractivity contribution in [2.45, 2.75) is 100 Å². The van der Waals surface area contributed by atoms with E-state index < -0.39 is 22.2 Å². The van der Waals surface area contributed by atoms with Crippen LogP contribution in [0.5, 0.6) is 0 Å². The Morgan fingerprint density at radius 1 is 0.718 bits per heavy atom. The average molecular weight is 553 g/mol. The fourth-order valence-corrected chi connectivity index (χ4v) is 6.08. The van der Waals surface area contributed by atoms with Gasteiger partial charge in [0.25, 0.3) is 0 Å². The number of nitrogens with zero attached hydrogens (tertiary/aromatic N) is 4. The van der Waals surface area contributed by atoms with Crippen LogP contribution in [0.4, 0.5) is 0 Å². The van der Waals surface area contributed by atoms with Gasteiger partial charge in [0.05, 0.1) is 0 Å². The number of hydrogen-bond donors (Lipinski definition) is 2. The zero-order chi connectivity index (χ0) is 27.8. The van der Waals surface area contributed by atoms with Gasteiger partial charge in [0, 0.05) is 12.8 Å². The predicted molar refractivity (Wildman–Crippen MR) is 154 cm³/mol. The maximum atomic E-state index is 12.2. The molecule has 2 aromatic rings. The van der Waals surface area contributed by atoms with Gasteiger partial charge in [-0.1, -0.05) is 105 Å². The molecule has 3 rings (SSSR count). The van der Waals surface area contributed by atoms with Crippen molar-refractivity contribution in [3.63, 3.8) is 0 Å². The van der Waals surface area contributed by atoms with Gasteiger partial charge in [0.1, 0.15) is 5.25 Å². The van der Waals surface area contributed by atoms with E-state index in [1.807, 2.05) is 18.2 Å². The van der Waals surface area contributed by atoms with Crippen LogP contribution in [0.1, 0.15) is 87.3 Å². The molecular formula is C30H40N4O4S. The molecule has 0 saturated heterocycles. The van der Waals surface area contributed by atoms with Crippen LogP contribution in [0.25, 0.3) is 0 Å². The Morgan fingerprint density at radius 3 is 1.90 bits per heavy atom. The normalized spacial score (nSPS) is 14.5. The van der Waals surface area contributed by atoms with Gasteiger partial charge in [-0.2, -0.15) is 0 Å². The summed E-state index contributed by atoms with van der Waals surface area (Å²) >= 11 is 1.09. The monoisotopic (exact) mass is 552 g/mol. The lowest BCUT2D eigenvalue weighted by molar-refractivity contribution is -0.137. The molecule has 8 nitrogen and oxygen atoms in total. The van der Waals surface area contributed by atoms with Crippen LogP contribution in [0.15, 0.2) is 75.3 Å². The van der Waals surface area contributed by atoms with Crippen molar-refractivity contribution in [3.8, 4) is 0 Å². The molecular weight excluding hydrogens is 512 g/mol. The van der Waals surface area contributed by atoms with Crippen LogP contribution in [0.3, 0.4) is 0 Å². The topological polar surface area (TPSA) is 124 Å². The molecule has 0 spiro atoms. The quantitative estimate of drug-likeness (QED) is 0.161. The fourth-order valence-electron chi connectivity index (χ4n) is 4.83. The summed E-state index contributed by atoms with van der Waals surface area (Å²) in [6, 6.07) is 18.7. The van der Waals surface area contributed by atoms with E-state index in [-0.39, 0.29) is 12.8 Å². The van der Waals surface area contributed by atoms with Gasteiger partial charge in [-0.05, 0) is 65.7 Å². The summed E-state index contributed by atoms with van der Waals surface area (Å²) in [5.74, 6) is -1.86. The van der Waals surface area contributed by atoms with E-state index in [9.17, 15) is 14.7 Å². The van der Waals surface area contributed by atoms with E-state index in [2.05, 4.69) is 57.1 Å². The molecule has 2 aromatic carbocycles. The molecule has 1 heterocycles. The molecule has 0 bridgehead atoms. The first-order chi connectivity index (χ1) is 19.0. The summed E-state index contributed by atoms with van der Waals surface area (Å²) in [6.45, 7) is 0. The Balaban J connectivity index is 1.39. The Hall–Kier alpha value is -3.07. The number of rotatable bonds is 20. The standard InChI is InChI=1S/C30H40N4O4S/c35-28(36)21-14-22-30(31-33-34-32-30)39-27(29(37)38)23-26-20-13-12-19-25(26)18-11-6-4-2-1-3-5-8-15-24-16-9-7-10-17-24/h7,9-10,12-13,16-17,19-20,27H,1-6,8,11,14-15,18,21-23H2,(H,35,36)(H,37,38). The van der Waals surface area contributed by atoms with Crippen molar-refractivity contribution in [2.24, 2.45) is 20.7 Å². The van der Waals surface area contributed by atoms with Crippen LogP contribution in [-0.4, -0.2) is 32.4 Å². The first-order valence-corrected chi connectivity index (χ1v) is 14.9. The summed E-state index contributed by atoms with van der Waals surface area (Å²) in [5.41, 5.74) is 3.62. The highest BCUT2D eigenvalue weighted by atomic mass is 32.2. The number of thioether (sulfide) groups is 1. The minimum absolute atomic E-state index is 0.0395. The lowest BCUT2D eigenvalue weighted by Crippen LogP contribution is -2.28. The molecule has 39 heavy (non-hydrogen) atoms. The number of benzene rings is 2. The molecule has 1 aliphatic rings. The highest BCUT2D eigenvalue weighted by molar-refractivity contribution is 8.01. The third-order valence-electron chi connectivity index (χ3n) is 6.97. The Kier molecular flexibility index (Phi) is 13.1. The second-order valence-electron chi connectivity index (χ2n) is 10.1. The third kappa shape index (κ3) is 11.3. The molecule has 0 saturated carbocycles. The predicted octanol–water partition coefficient (Wildman–Crippen LogP) is 8.06. The van der Waals surface area contributed by atoms with E-state index in [1.54, 1.807) is 0 Å². The summed E-state index contributed by atoms with van der Waals surface area (Å²) in [7, 11) is 0. The molecule has 2 N–H and O–H groups in total. The fraction of sp³-hybridized carbons (Fsp3) is 0.533. The van der Waals surface area contributed by atoms with Gasteiger partial charge in [0.15, 0.2) is 0 Å². The number of carboxylic acid groups (broad SMARTS) is 2. The lowest BCUT2D eigenvalue weighted by atomic mass is 9.97. The smallest absolute Gasteiger partial charge is 0.317 e. The molecule has 0 aliphatic carbocycles. The highest BCUT2D eigenvalue weighted by Gasteiger charge is 2.39. The van der Waals surface area contributed by atoms with Gasteiger partial charge >= 0.3 is 11.9 Å². The largest absolute Gasteiger partial charge is 0.481 e. The van der Waals surface area contributed by atoms with Gasteiger partial charge < -0.3 is 10.2 Å². The second-order valence-corrected chi connectivity index (χ2v) is 11.6. The Morgan fingerprint density at radius 2 is 1.28 bits per heavy atom. The van der Waals surface area contributed by atoms with Crippen LogP contribution in [-0.2, 0) is 28.9 Å². The number of aliphatic carboxylic acids is 2. The number of unbranched alkanes of at least 4 members (excludes halogenated alkanes) is 7. The van der Waals surface area contributed by atoms with Gasteiger partial charge in [-0.15, -0.1) is 10.2 Å². The maximum absolute atomic E-state index is 12.2. The van der Waals surface area contributed by atoms with Gasteiger partial charge in [-0.25, -0.2) is 0 Å². The number of carboxylic acids is 2. The van der Waals surface area contributed by atoms with Crippen LogP contribution in [0, 0.1) is 0 Å². The zero-order valence-corrected chi connectivity index (χ0v) is 23.4.